The van der Waals surface area contributed by atoms with Gasteiger partial charge in [-0.2, -0.15) is 0 Å². The van der Waals surface area contributed by atoms with E-state index in [9.17, 15) is 19.1 Å². The first kappa shape index (κ1) is 30.1. The second-order valence-electron chi connectivity index (χ2n) is 11.3. The number of esters is 1. The monoisotopic (exact) mass is 614 g/mol. The number of hydrogen-bond donors (Lipinski definition) is 2. The van der Waals surface area contributed by atoms with Crippen LogP contribution in [0.5, 0.6) is 0 Å². The summed E-state index contributed by atoms with van der Waals surface area (Å²) in [5, 5.41) is 16.2. The SMILES string of the molecule is CCOC(=O)C1=C(CN2CCN3C(=S)N(CC(C)(C)C(=O)O)CC3C2)NC(c2nccs2)=N[C@H]1c1cccc(F)c1C. The molecule has 5 rings (SSSR count). The number of aliphatic carboxylic acids is 1. The predicted octanol–water partition coefficient (Wildman–Crippen LogP) is 3.20. The van der Waals surface area contributed by atoms with Crippen LogP contribution in [0.4, 0.5) is 4.39 Å². The van der Waals surface area contributed by atoms with Gasteiger partial charge in [0.2, 0.25) is 0 Å². The molecule has 0 saturated carbocycles. The van der Waals surface area contributed by atoms with Gasteiger partial charge in [-0.3, -0.25) is 14.7 Å². The Morgan fingerprint density at radius 2 is 2.07 bits per heavy atom. The summed E-state index contributed by atoms with van der Waals surface area (Å²) < 4.78 is 20.2. The summed E-state index contributed by atoms with van der Waals surface area (Å²) in [6.45, 7) is 10.4. The Bertz CT molecular complexity index is 1440. The number of carboxylic acids is 1. The van der Waals surface area contributed by atoms with E-state index in [1.54, 1.807) is 46.0 Å². The maximum Gasteiger partial charge on any atom is 0.338 e. The van der Waals surface area contributed by atoms with E-state index in [4.69, 9.17) is 21.9 Å². The quantitative estimate of drug-likeness (QED) is 0.323. The maximum atomic E-state index is 14.7. The molecule has 13 heteroatoms. The molecule has 1 aromatic carbocycles. The molecule has 0 amide bonds. The highest BCUT2D eigenvalue weighted by molar-refractivity contribution is 7.80. The van der Waals surface area contributed by atoms with Crippen LogP contribution in [0.3, 0.4) is 0 Å². The zero-order chi connectivity index (χ0) is 30.2. The van der Waals surface area contributed by atoms with E-state index >= 15 is 0 Å². The van der Waals surface area contributed by atoms with Crippen molar-refractivity contribution in [3.8, 4) is 0 Å². The third kappa shape index (κ3) is 5.90. The topological polar surface area (TPSA) is 111 Å². The number of amidine groups is 1. The largest absolute Gasteiger partial charge is 0.481 e. The van der Waals surface area contributed by atoms with E-state index < -0.39 is 23.4 Å². The lowest BCUT2D eigenvalue weighted by atomic mass is 9.92. The fourth-order valence-corrected chi connectivity index (χ4v) is 6.62. The highest BCUT2D eigenvalue weighted by Gasteiger charge is 2.42. The molecular formula is C29H35FN6O4S2. The average molecular weight is 615 g/mol. The third-order valence-corrected chi connectivity index (χ3v) is 9.19. The minimum Gasteiger partial charge on any atom is -0.481 e. The average Bonchev–Trinajstić information content (AvgIpc) is 3.58. The van der Waals surface area contributed by atoms with Gasteiger partial charge in [0.05, 0.1) is 23.6 Å². The summed E-state index contributed by atoms with van der Waals surface area (Å²) in [6, 6.07) is 4.12. The molecule has 0 radical (unpaired) electrons. The molecule has 3 aliphatic heterocycles. The highest BCUT2D eigenvalue weighted by atomic mass is 32.1. The number of carbonyl (C=O) groups is 2. The number of ether oxygens (including phenoxy) is 1. The number of fused-ring (bicyclic) bond motifs is 1. The lowest BCUT2D eigenvalue weighted by molar-refractivity contribution is -0.147. The van der Waals surface area contributed by atoms with Crippen molar-refractivity contribution in [1.82, 2.24) is 25.0 Å². The molecule has 2 N–H and O–H groups in total. The molecule has 2 aromatic rings. The molecular weight excluding hydrogens is 579 g/mol. The van der Waals surface area contributed by atoms with Crippen molar-refractivity contribution in [2.45, 2.75) is 39.8 Å². The number of aromatic nitrogens is 1. The van der Waals surface area contributed by atoms with Crippen molar-refractivity contribution in [3.05, 3.63) is 63.0 Å². The van der Waals surface area contributed by atoms with Gasteiger partial charge < -0.3 is 25.0 Å². The second kappa shape index (κ2) is 12.1. The number of thiazole rings is 1. The number of carboxylic acid groups (broad SMARTS) is 1. The number of hydrogen-bond acceptors (Lipinski definition) is 9. The van der Waals surface area contributed by atoms with Crippen molar-refractivity contribution < 1.29 is 23.8 Å². The first-order valence-electron chi connectivity index (χ1n) is 13.9. The smallest absolute Gasteiger partial charge is 0.338 e. The molecule has 1 unspecified atom stereocenters. The number of carbonyl (C=O) groups excluding carboxylic acids is 1. The lowest BCUT2D eigenvalue weighted by Crippen LogP contribution is -2.53. The van der Waals surface area contributed by atoms with Crippen LogP contribution >= 0.6 is 23.6 Å². The summed E-state index contributed by atoms with van der Waals surface area (Å²) in [4.78, 5) is 40.9. The van der Waals surface area contributed by atoms with E-state index in [0.29, 0.717) is 77.6 Å². The number of nitrogens with zero attached hydrogens (tertiary/aromatic N) is 5. The number of rotatable bonds is 9. The summed E-state index contributed by atoms with van der Waals surface area (Å²) >= 11 is 7.16. The van der Waals surface area contributed by atoms with Gasteiger partial charge in [0.1, 0.15) is 11.9 Å². The molecule has 42 heavy (non-hydrogen) atoms. The zero-order valence-corrected chi connectivity index (χ0v) is 25.7. The van der Waals surface area contributed by atoms with Crippen LogP contribution < -0.4 is 5.32 Å². The summed E-state index contributed by atoms with van der Waals surface area (Å²) in [6.07, 6.45) is 1.69. The molecule has 1 aromatic heterocycles. The molecule has 2 fully saturated rings. The maximum absolute atomic E-state index is 14.7. The predicted molar refractivity (Wildman–Crippen MR) is 162 cm³/mol. The van der Waals surface area contributed by atoms with Gasteiger partial charge in [-0.25, -0.2) is 14.2 Å². The Morgan fingerprint density at radius 3 is 2.76 bits per heavy atom. The van der Waals surface area contributed by atoms with E-state index in [1.165, 1.54) is 17.4 Å². The van der Waals surface area contributed by atoms with Gasteiger partial charge in [-0.1, -0.05) is 12.1 Å². The Hall–Kier alpha value is -3.42. The first-order valence-corrected chi connectivity index (χ1v) is 15.2. The molecule has 2 saturated heterocycles. The molecule has 0 bridgehead atoms. The van der Waals surface area contributed by atoms with E-state index in [2.05, 4.69) is 20.1 Å². The Kier molecular flexibility index (Phi) is 8.63. The third-order valence-electron chi connectivity index (χ3n) is 7.92. The van der Waals surface area contributed by atoms with Crippen LogP contribution in [-0.2, 0) is 14.3 Å². The summed E-state index contributed by atoms with van der Waals surface area (Å²) in [5.41, 5.74) is 1.07. The van der Waals surface area contributed by atoms with E-state index in [1.807, 2.05) is 10.3 Å². The number of benzene rings is 1. The minimum atomic E-state index is -0.931. The molecule has 3 aliphatic rings. The number of thiocarbonyl (C=S) groups is 1. The molecule has 2 atom stereocenters. The minimum absolute atomic E-state index is 0.0828. The fraction of sp³-hybridized carbons (Fsp3) is 0.483. The Labute approximate surface area is 253 Å². The van der Waals surface area contributed by atoms with Crippen LogP contribution in [0, 0.1) is 18.2 Å². The van der Waals surface area contributed by atoms with Gasteiger partial charge in [0.15, 0.2) is 16.0 Å². The van der Waals surface area contributed by atoms with Gasteiger partial charge in [-0.05, 0) is 57.1 Å². The van der Waals surface area contributed by atoms with Gasteiger partial charge in [0.25, 0.3) is 0 Å². The lowest BCUT2D eigenvalue weighted by Gasteiger charge is -2.38. The van der Waals surface area contributed by atoms with Crippen molar-refractivity contribution in [3.63, 3.8) is 0 Å². The second-order valence-corrected chi connectivity index (χ2v) is 12.6. The molecule has 0 spiro atoms. The molecule has 4 heterocycles. The van der Waals surface area contributed by atoms with Gasteiger partial charge in [-0.15, -0.1) is 11.3 Å². The molecule has 224 valence electrons. The van der Waals surface area contributed by atoms with Gasteiger partial charge >= 0.3 is 11.9 Å². The van der Waals surface area contributed by atoms with Crippen LogP contribution in [0.25, 0.3) is 0 Å². The van der Waals surface area contributed by atoms with Crippen LogP contribution in [-0.4, -0.2) is 99.6 Å². The van der Waals surface area contributed by atoms with E-state index in [0.717, 1.165) is 0 Å². The van der Waals surface area contributed by atoms with Crippen molar-refractivity contribution in [1.29, 1.82) is 0 Å². The number of aliphatic imine (C=N–C) groups is 1. The van der Waals surface area contributed by atoms with Gasteiger partial charge in [0, 0.05) is 56.5 Å². The number of halogens is 1. The Morgan fingerprint density at radius 1 is 1.29 bits per heavy atom. The Balaban J connectivity index is 1.45. The highest BCUT2D eigenvalue weighted by Crippen LogP contribution is 2.36. The number of piperazine rings is 1. The van der Waals surface area contributed by atoms with Crippen molar-refractivity contribution >= 4 is 46.4 Å². The first-order chi connectivity index (χ1) is 20.0. The van der Waals surface area contributed by atoms with E-state index in [-0.39, 0.29) is 18.5 Å². The standard InChI is InChI=1S/C29H35FN6O4S2/c1-5-40-26(37)22-21(15-34-10-11-36-18(13-34)14-35(28(36)41)16-29(3,4)27(38)39)32-24(25-31-9-12-42-25)33-23(22)19-7-6-8-20(30)17(19)2/h6-9,12,18,23H,5,10-11,13-16H2,1-4H3,(H,32,33)(H,38,39)/t18?,23-/m0/s1. The fourth-order valence-electron chi connectivity index (χ4n) is 5.65. The normalized spacial score (nSPS) is 21.3. The van der Waals surface area contributed by atoms with Crippen LogP contribution in [0.1, 0.15) is 42.9 Å². The number of nitrogens with one attached hydrogen (secondary N) is 1. The summed E-state index contributed by atoms with van der Waals surface area (Å²) in [5.74, 6) is -1.21. The van der Waals surface area contributed by atoms with Crippen molar-refractivity contribution in [2.24, 2.45) is 10.4 Å². The molecule has 0 aliphatic carbocycles. The zero-order valence-electron chi connectivity index (χ0n) is 24.1. The molecule has 10 nitrogen and oxygen atoms in total. The van der Waals surface area contributed by atoms with Crippen molar-refractivity contribution in [2.75, 3.05) is 45.9 Å². The van der Waals surface area contributed by atoms with Crippen LogP contribution in [0.15, 0.2) is 46.0 Å². The summed E-state index contributed by atoms with van der Waals surface area (Å²) in [7, 11) is 0. The van der Waals surface area contributed by atoms with Crippen LogP contribution in [0.2, 0.25) is 0 Å².